The number of rotatable bonds is 1. The van der Waals surface area contributed by atoms with Gasteiger partial charge in [0.2, 0.25) is 0 Å². The van der Waals surface area contributed by atoms with Gasteiger partial charge in [0.05, 0.1) is 12.1 Å². The van der Waals surface area contributed by atoms with Crippen LogP contribution in [0, 0.1) is 0 Å². The fraction of sp³-hybridized carbons (Fsp3) is 0.158. The third-order valence-corrected chi connectivity index (χ3v) is 5.81. The molecule has 3 heterocycles. The van der Waals surface area contributed by atoms with Gasteiger partial charge in [-0.25, -0.2) is 0 Å². The van der Waals surface area contributed by atoms with Gasteiger partial charge in [0.1, 0.15) is 10.5 Å². The second-order valence-corrected chi connectivity index (χ2v) is 7.11. The van der Waals surface area contributed by atoms with E-state index in [0.717, 1.165) is 55.6 Å². The molecule has 0 spiro atoms. The first-order chi connectivity index (χ1) is 11.7. The highest BCUT2D eigenvalue weighted by atomic mass is 32.1. The molecular formula is C19H15N3OS. The normalized spacial score (nSPS) is 14.5. The van der Waals surface area contributed by atoms with Crippen LogP contribution in [0.3, 0.4) is 0 Å². The first-order valence-electron chi connectivity index (χ1n) is 7.97. The molecule has 0 amide bonds. The topological polar surface area (TPSA) is 46.4 Å². The minimum Gasteiger partial charge on any atom is -0.368 e. The van der Waals surface area contributed by atoms with Crippen molar-refractivity contribution in [2.24, 2.45) is 12.0 Å². The number of pyridine rings is 1. The molecular weight excluding hydrogens is 318 g/mol. The summed E-state index contributed by atoms with van der Waals surface area (Å²) in [5.41, 5.74) is 2.14. The lowest BCUT2D eigenvalue weighted by molar-refractivity contribution is 0.921. The van der Waals surface area contributed by atoms with Crippen LogP contribution in [-0.2, 0) is 7.05 Å². The summed E-state index contributed by atoms with van der Waals surface area (Å²) in [6.45, 7) is 1.72. The van der Waals surface area contributed by atoms with Crippen molar-refractivity contribution < 1.29 is 0 Å². The van der Waals surface area contributed by atoms with Crippen LogP contribution < -0.4 is 10.9 Å². The molecule has 4 aromatic rings. The SMILES string of the molecule is Cn1c(=O)c2sc3cc(C4=NCCN4)ccc3c2c2ccccc21. The first-order valence-corrected chi connectivity index (χ1v) is 8.78. The Labute approximate surface area is 142 Å². The first kappa shape index (κ1) is 13.7. The molecule has 1 aliphatic heterocycles. The highest BCUT2D eigenvalue weighted by molar-refractivity contribution is 7.26. The number of aromatic nitrogens is 1. The molecule has 0 aliphatic carbocycles. The van der Waals surface area contributed by atoms with E-state index in [0.29, 0.717) is 0 Å². The minimum atomic E-state index is 0.0720. The number of aryl methyl sites for hydroxylation is 1. The van der Waals surface area contributed by atoms with Gasteiger partial charge < -0.3 is 9.88 Å². The van der Waals surface area contributed by atoms with Gasteiger partial charge in [-0.05, 0) is 12.1 Å². The van der Waals surface area contributed by atoms with Crippen LogP contribution in [0.15, 0.2) is 52.3 Å². The van der Waals surface area contributed by atoms with Crippen molar-refractivity contribution in [3.05, 3.63) is 58.4 Å². The highest BCUT2D eigenvalue weighted by Crippen LogP contribution is 2.36. The van der Waals surface area contributed by atoms with Crippen LogP contribution in [-0.4, -0.2) is 23.5 Å². The molecule has 2 aromatic heterocycles. The van der Waals surface area contributed by atoms with E-state index in [1.807, 2.05) is 25.2 Å². The lowest BCUT2D eigenvalue weighted by atomic mass is 10.1. The van der Waals surface area contributed by atoms with Crippen molar-refractivity contribution in [3.63, 3.8) is 0 Å². The average molecular weight is 333 g/mol. The summed E-state index contributed by atoms with van der Waals surface area (Å²) in [4.78, 5) is 17.3. The Morgan fingerprint density at radius 2 is 2.04 bits per heavy atom. The zero-order valence-electron chi connectivity index (χ0n) is 13.2. The molecule has 1 aliphatic rings. The molecule has 4 nitrogen and oxygen atoms in total. The maximum absolute atomic E-state index is 12.8. The number of para-hydroxylation sites is 1. The molecule has 0 radical (unpaired) electrons. The maximum Gasteiger partial charge on any atom is 0.268 e. The van der Waals surface area contributed by atoms with Gasteiger partial charge >= 0.3 is 0 Å². The molecule has 0 saturated heterocycles. The van der Waals surface area contributed by atoms with Gasteiger partial charge in [-0.2, -0.15) is 0 Å². The van der Waals surface area contributed by atoms with Crippen LogP contribution in [0.1, 0.15) is 5.56 Å². The third kappa shape index (κ3) is 1.79. The van der Waals surface area contributed by atoms with Crippen LogP contribution in [0.4, 0.5) is 0 Å². The van der Waals surface area contributed by atoms with Gasteiger partial charge in [0, 0.05) is 40.0 Å². The molecule has 5 rings (SSSR count). The Kier molecular flexibility index (Phi) is 2.82. The van der Waals surface area contributed by atoms with Crippen molar-refractivity contribution in [3.8, 4) is 0 Å². The summed E-state index contributed by atoms with van der Waals surface area (Å²) in [6, 6.07) is 14.5. The molecule has 118 valence electrons. The van der Waals surface area contributed by atoms with E-state index in [2.05, 4.69) is 34.6 Å². The Morgan fingerprint density at radius 3 is 2.88 bits per heavy atom. The number of nitrogens with one attached hydrogen (secondary N) is 1. The van der Waals surface area contributed by atoms with Gasteiger partial charge in [-0.15, -0.1) is 11.3 Å². The van der Waals surface area contributed by atoms with Crippen LogP contribution in [0.5, 0.6) is 0 Å². The van der Waals surface area contributed by atoms with E-state index in [9.17, 15) is 4.79 Å². The van der Waals surface area contributed by atoms with Crippen molar-refractivity contribution >= 4 is 48.2 Å². The zero-order chi connectivity index (χ0) is 16.3. The summed E-state index contributed by atoms with van der Waals surface area (Å²) in [5.74, 6) is 0.951. The molecule has 0 unspecified atom stereocenters. The number of benzene rings is 2. The number of aliphatic imine (C=N–C) groups is 1. The third-order valence-electron chi connectivity index (χ3n) is 4.67. The molecule has 24 heavy (non-hydrogen) atoms. The number of hydrogen-bond acceptors (Lipinski definition) is 4. The van der Waals surface area contributed by atoms with Crippen molar-refractivity contribution in [1.29, 1.82) is 0 Å². The van der Waals surface area contributed by atoms with Crippen molar-refractivity contribution in [2.45, 2.75) is 0 Å². The van der Waals surface area contributed by atoms with E-state index in [1.54, 1.807) is 15.9 Å². The molecule has 2 aromatic carbocycles. The zero-order valence-corrected chi connectivity index (χ0v) is 14.0. The average Bonchev–Trinajstić information content (AvgIpc) is 3.26. The van der Waals surface area contributed by atoms with Gasteiger partial charge in [0.25, 0.3) is 5.56 Å². The predicted molar refractivity (Wildman–Crippen MR) is 101 cm³/mol. The van der Waals surface area contributed by atoms with Crippen molar-refractivity contribution in [1.82, 2.24) is 9.88 Å². The summed E-state index contributed by atoms with van der Waals surface area (Å²) < 4.78 is 3.70. The number of hydrogen-bond donors (Lipinski definition) is 1. The summed E-state index contributed by atoms with van der Waals surface area (Å²) in [6.07, 6.45) is 0. The van der Waals surface area contributed by atoms with Crippen LogP contribution in [0.25, 0.3) is 31.1 Å². The van der Waals surface area contributed by atoms with Crippen LogP contribution in [0.2, 0.25) is 0 Å². The Balaban J connectivity index is 1.93. The Morgan fingerprint density at radius 1 is 1.17 bits per heavy atom. The lowest BCUT2D eigenvalue weighted by Crippen LogP contribution is -2.19. The fourth-order valence-corrected chi connectivity index (χ4v) is 4.72. The van der Waals surface area contributed by atoms with Crippen molar-refractivity contribution in [2.75, 3.05) is 13.1 Å². The molecule has 0 atom stereocenters. The van der Waals surface area contributed by atoms with Gasteiger partial charge in [0.15, 0.2) is 0 Å². The monoisotopic (exact) mass is 333 g/mol. The molecule has 0 bridgehead atoms. The summed E-state index contributed by atoms with van der Waals surface area (Å²) in [5, 5.41) is 6.66. The minimum absolute atomic E-state index is 0.0720. The standard InChI is InChI=1S/C19H15N3OS/c1-22-14-5-3-2-4-12(14)16-13-7-6-11(18-20-8-9-21-18)10-15(13)24-17(16)19(22)23/h2-7,10H,8-9H2,1H3,(H,20,21). The largest absolute Gasteiger partial charge is 0.368 e. The van der Waals surface area contributed by atoms with E-state index >= 15 is 0 Å². The Bertz CT molecular complexity index is 1220. The molecule has 0 saturated carbocycles. The number of nitrogens with zero attached hydrogens (tertiary/aromatic N) is 2. The second kappa shape index (κ2) is 4.92. The van der Waals surface area contributed by atoms with Crippen LogP contribution >= 0.6 is 11.3 Å². The smallest absolute Gasteiger partial charge is 0.268 e. The fourth-order valence-electron chi connectivity index (χ4n) is 3.49. The second-order valence-electron chi connectivity index (χ2n) is 6.06. The highest BCUT2D eigenvalue weighted by Gasteiger charge is 2.16. The predicted octanol–water partition coefficient (Wildman–Crippen LogP) is 3.26. The van der Waals surface area contributed by atoms with Gasteiger partial charge in [-0.1, -0.05) is 30.3 Å². The number of fused-ring (bicyclic) bond motifs is 5. The van der Waals surface area contributed by atoms with E-state index in [1.165, 1.54) is 0 Å². The summed E-state index contributed by atoms with van der Waals surface area (Å²) >= 11 is 1.57. The van der Waals surface area contributed by atoms with Gasteiger partial charge in [-0.3, -0.25) is 9.79 Å². The molecule has 1 N–H and O–H groups in total. The molecule has 0 fully saturated rings. The maximum atomic E-state index is 12.8. The summed E-state index contributed by atoms with van der Waals surface area (Å²) in [7, 11) is 1.84. The van der Waals surface area contributed by atoms with E-state index in [-0.39, 0.29) is 5.56 Å². The lowest BCUT2D eigenvalue weighted by Gasteiger charge is -2.06. The molecule has 5 heteroatoms. The number of thiophene rings is 1. The quantitative estimate of drug-likeness (QED) is 0.581. The van der Waals surface area contributed by atoms with E-state index in [4.69, 9.17) is 0 Å². The number of amidine groups is 1. The van der Waals surface area contributed by atoms with E-state index < -0.39 is 0 Å². The Hall–Kier alpha value is -2.66.